The van der Waals surface area contributed by atoms with Gasteiger partial charge in [-0.2, -0.15) is 0 Å². The van der Waals surface area contributed by atoms with Crippen molar-refractivity contribution >= 4 is 26.6 Å². The molecule has 1 saturated heterocycles. The van der Waals surface area contributed by atoms with Crippen LogP contribution in [0.2, 0.25) is 0 Å². The number of fused-ring (bicyclic) bond motifs is 5. The lowest BCUT2D eigenvalue weighted by Crippen LogP contribution is -2.47. The maximum Gasteiger partial charge on any atom is 0.250 e. The molecular weight excluding hydrogens is 474 g/mol. The predicted molar refractivity (Wildman–Crippen MR) is 140 cm³/mol. The van der Waals surface area contributed by atoms with E-state index in [4.69, 9.17) is 0 Å². The molecule has 9 heteroatoms. The summed E-state index contributed by atoms with van der Waals surface area (Å²) in [5.41, 5.74) is 3.18. The number of rotatable bonds is 4. The first kappa shape index (κ1) is 22.9. The number of nitrogens with zero attached hydrogens (tertiary/aromatic N) is 4. The maximum absolute atomic E-state index is 12.6. The van der Waals surface area contributed by atoms with Crippen molar-refractivity contribution in [3.63, 3.8) is 0 Å². The number of hydrogen-bond donors (Lipinski definition) is 1. The zero-order valence-corrected chi connectivity index (χ0v) is 21.0. The van der Waals surface area contributed by atoms with Crippen molar-refractivity contribution < 1.29 is 8.42 Å². The van der Waals surface area contributed by atoms with Crippen LogP contribution >= 0.6 is 0 Å². The SMILES string of the molecule is CNS(=O)(=O)c1cc(-c2nnc(N3C[C@@H]4C[C@H](C3)c3cccc(=O)n3C4)c3ccccc23)ccc1C. The Morgan fingerprint density at radius 3 is 2.56 bits per heavy atom. The van der Waals surface area contributed by atoms with Crippen molar-refractivity contribution in [1.29, 1.82) is 0 Å². The van der Waals surface area contributed by atoms with Gasteiger partial charge in [-0.05, 0) is 44.0 Å². The highest BCUT2D eigenvalue weighted by Gasteiger charge is 2.35. The Morgan fingerprint density at radius 2 is 1.75 bits per heavy atom. The number of aromatic nitrogens is 3. The number of piperidine rings is 1. The molecule has 4 aromatic rings. The van der Waals surface area contributed by atoms with E-state index in [1.807, 2.05) is 41.0 Å². The Labute approximate surface area is 209 Å². The summed E-state index contributed by atoms with van der Waals surface area (Å²) in [5.74, 6) is 1.45. The summed E-state index contributed by atoms with van der Waals surface area (Å²) in [4.78, 5) is 14.9. The molecule has 2 aromatic heterocycles. The minimum atomic E-state index is -3.60. The molecule has 1 N–H and O–H groups in total. The second-order valence-electron chi connectivity index (χ2n) is 9.71. The van der Waals surface area contributed by atoms with Crippen molar-refractivity contribution in [2.75, 3.05) is 25.0 Å². The molecule has 0 unspecified atom stereocenters. The lowest BCUT2D eigenvalue weighted by molar-refractivity contribution is 0.280. The standard InChI is InChI=1S/C27H27N5O3S/c1-17-10-11-19(13-24(17)36(34,35)28-2)26-21-6-3-4-7-22(21)27(30-29-26)31-14-18-12-20(16-31)23-8-5-9-25(33)32(23)15-18/h3-11,13,18,20,28H,12,14-16H2,1-2H3/t18-,20+/m0/s1. The van der Waals surface area contributed by atoms with Gasteiger partial charge in [-0.1, -0.05) is 42.5 Å². The molecule has 0 radical (unpaired) electrons. The summed E-state index contributed by atoms with van der Waals surface area (Å²) < 4.78 is 29.4. The van der Waals surface area contributed by atoms with E-state index in [9.17, 15) is 13.2 Å². The van der Waals surface area contributed by atoms with Gasteiger partial charge in [0.05, 0.1) is 4.90 Å². The summed E-state index contributed by atoms with van der Waals surface area (Å²) in [7, 11) is -2.19. The quantitative estimate of drug-likeness (QED) is 0.461. The summed E-state index contributed by atoms with van der Waals surface area (Å²) in [5, 5.41) is 11.2. The maximum atomic E-state index is 12.6. The van der Waals surface area contributed by atoms with Gasteiger partial charge in [0.2, 0.25) is 10.0 Å². The van der Waals surface area contributed by atoms with Crippen LogP contribution in [0.4, 0.5) is 5.82 Å². The fourth-order valence-corrected chi connectivity index (χ4v) is 6.75. The molecule has 2 aromatic carbocycles. The first-order valence-electron chi connectivity index (χ1n) is 12.1. The van der Waals surface area contributed by atoms with E-state index in [0.29, 0.717) is 22.7 Å². The van der Waals surface area contributed by atoms with Crippen LogP contribution in [0.15, 0.2) is 70.4 Å². The zero-order valence-electron chi connectivity index (χ0n) is 20.2. The van der Waals surface area contributed by atoms with E-state index in [-0.39, 0.29) is 16.4 Å². The minimum absolute atomic E-state index is 0.0722. The fourth-order valence-electron chi connectivity index (χ4n) is 5.75. The number of sulfonamides is 1. The van der Waals surface area contributed by atoms with Gasteiger partial charge >= 0.3 is 0 Å². The number of aryl methyl sites for hydroxylation is 1. The van der Waals surface area contributed by atoms with Crippen LogP contribution in [-0.4, -0.2) is 43.3 Å². The third kappa shape index (κ3) is 3.70. The average Bonchev–Trinajstić information content (AvgIpc) is 2.89. The first-order chi connectivity index (χ1) is 17.4. The molecule has 2 aliphatic rings. The molecule has 4 heterocycles. The van der Waals surface area contributed by atoms with Gasteiger partial charge in [-0.15, -0.1) is 10.2 Å². The summed E-state index contributed by atoms with van der Waals surface area (Å²) >= 11 is 0. The molecular formula is C27H27N5O3S. The minimum Gasteiger partial charge on any atom is -0.354 e. The van der Waals surface area contributed by atoms with Crippen molar-refractivity contribution in [2.45, 2.75) is 30.7 Å². The highest BCUT2D eigenvalue weighted by Crippen LogP contribution is 2.39. The zero-order chi connectivity index (χ0) is 25.0. The van der Waals surface area contributed by atoms with Crippen molar-refractivity contribution in [3.8, 4) is 11.3 Å². The van der Waals surface area contributed by atoms with Crippen LogP contribution < -0.4 is 15.2 Å². The van der Waals surface area contributed by atoms with Gasteiger partial charge in [0.25, 0.3) is 5.56 Å². The third-order valence-electron chi connectivity index (χ3n) is 7.47. The van der Waals surface area contributed by atoms with Gasteiger partial charge in [0.1, 0.15) is 5.69 Å². The Bertz CT molecular complexity index is 1660. The molecule has 8 nitrogen and oxygen atoms in total. The van der Waals surface area contributed by atoms with Crippen LogP contribution in [0.25, 0.3) is 22.0 Å². The molecule has 2 aliphatic heterocycles. The van der Waals surface area contributed by atoms with Crippen molar-refractivity contribution in [2.24, 2.45) is 5.92 Å². The summed E-state index contributed by atoms with van der Waals surface area (Å²) in [6.45, 7) is 4.08. The van der Waals surface area contributed by atoms with Crippen molar-refractivity contribution in [1.82, 2.24) is 19.5 Å². The number of anilines is 1. The Morgan fingerprint density at radius 1 is 0.944 bits per heavy atom. The molecule has 1 fully saturated rings. The van der Waals surface area contributed by atoms with Gasteiger partial charge in [0.15, 0.2) is 5.82 Å². The average molecular weight is 502 g/mol. The van der Waals surface area contributed by atoms with Gasteiger partial charge in [-0.3, -0.25) is 4.79 Å². The third-order valence-corrected chi connectivity index (χ3v) is 9.02. The lowest BCUT2D eigenvalue weighted by atomic mass is 9.83. The van der Waals surface area contributed by atoms with E-state index in [0.717, 1.165) is 48.3 Å². The Hall–Kier alpha value is -3.56. The van der Waals surface area contributed by atoms with E-state index in [1.165, 1.54) is 7.05 Å². The van der Waals surface area contributed by atoms with E-state index in [2.05, 4.69) is 25.9 Å². The fraction of sp³-hybridized carbons (Fsp3) is 0.296. The van der Waals surface area contributed by atoms with Crippen LogP contribution in [0.1, 0.15) is 23.6 Å². The van der Waals surface area contributed by atoms with Gasteiger partial charge < -0.3 is 9.47 Å². The van der Waals surface area contributed by atoms with Crippen molar-refractivity contribution in [3.05, 3.63) is 82.3 Å². The predicted octanol–water partition coefficient (Wildman–Crippen LogP) is 3.30. The smallest absolute Gasteiger partial charge is 0.250 e. The van der Waals surface area contributed by atoms with Crippen LogP contribution in [-0.2, 0) is 16.6 Å². The lowest BCUT2D eigenvalue weighted by Gasteiger charge is -2.43. The van der Waals surface area contributed by atoms with Gasteiger partial charge in [0, 0.05) is 53.6 Å². The number of hydrogen-bond acceptors (Lipinski definition) is 6. The highest BCUT2D eigenvalue weighted by molar-refractivity contribution is 7.89. The van der Waals surface area contributed by atoms with E-state index < -0.39 is 10.0 Å². The van der Waals surface area contributed by atoms with E-state index >= 15 is 0 Å². The Kier molecular flexibility index (Phi) is 5.42. The van der Waals surface area contributed by atoms with E-state index in [1.54, 1.807) is 25.1 Å². The number of pyridine rings is 1. The second-order valence-corrected chi connectivity index (χ2v) is 11.6. The Balaban J connectivity index is 1.43. The second kappa shape index (κ2) is 8.53. The summed E-state index contributed by atoms with van der Waals surface area (Å²) in [6, 6.07) is 18.9. The molecule has 36 heavy (non-hydrogen) atoms. The summed E-state index contributed by atoms with van der Waals surface area (Å²) in [6.07, 6.45) is 1.06. The highest BCUT2D eigenvalue weighted by atomic mass is 32.2. The molecule has 0 spiro atoms. The first-order valence-corrected chi connectivity index (χ1v) is 13.6. The monoisotopic (exact) mass is 501 g/mol. The molecule has 0 aliphatic carbocycles. The molecule has 0 amide bonds. The normalized spacial score (nSPS) is 19.3. The van der Waals surface area contributed by atoms with Crippen LogP contribution in [0, 0.1) is 12.8 Å². The molecule has 2 bridgehead atoms. The topological polar surface area (TPSA) is 97.2 Å². The van der Waals surface area contributed by atoms with Gasteiger partial charge in [-0.25, -0.2) is 13.1 Å². The molecule has 0 saturated carbocycles. The molecule has 6 rings (SSSR count). The van der Waals surface area contributed by atoms with Crippen LogP contribution in [0.3, 0.4) is 0 Å². The van der Waals surface area contributed by atoms with Crippen LogP contribution in [0.5, 0.6) is 0 Å². The number of benzene rings is 2. The molecule has 2 atom stereocenters. The largest absolute Gasteiger partial charge is 0.354 e. The number of nitrogens with one attached hydrogen (secondary N) is 1. The molecule has 184 valence electrons.